The van der Waals surface area contributed by atoms with Crippen molar-refractivity contribution < 1.29 is 23.9 Å². The number of thiazole rings is 1. The lowest BCUT2D eigenvalue weighted by Gasteiger charge is -2.14. The fourth-order valence-electron chi connectivity index (χ4n) is 4.47. The average Bonchev–Trinajstić information content (AvgIpc) is 3.56. The highest BCUT2D eigenvalue weighted by Gasteiger charge is 2.19. The van der Waals surface area contributed by atoms with E-state index in [0.29, 0.717) is 44.2 Å². The number of carbonyl (C=O) groups is 3. The van der Waals surface area contributed by atoms with E-state index in [1.165, 1.54) is 36.3 Å². The van der Waals surface area contributed by atoms with Crippen LogP contribution in [-0.2, 0) is 9.59 Å². The zero-order valence-corrected chi connectivity index (χ0v) is 28.5. The molecule has 244 valence electrons. The molecule has 0 fully saturated rings. The van der Waals surface area contributed by atoms with Gasteiger partial charge in [0.2, 0.25) is 5.91 Å². The normalized spacial score (nSPS) is 11.7. The Balaban J connectivity index is 1.29. The molecule has 0 spiro atoms. The summed E-state index contributed by atoms with van der Waals surface area (Å²) in [5.74, 6) is -0.195. The van der Waals surface area contributed by atoms with Gasteiger partial charge in [0.1, 0.15) is 17.2 Å². The number of nitrogens with one attached hydrogen (secondary N) is 3. The van der Waals surface area contributed by atoms with Crippen molar-refractivity contribution in [3.05, 3.63) is 124 Å². The van der Waals surface area contributed by atoms with E-state index < -0.39 is 17.1 Å². The molecule has 1 unspecified atom stereocenters. The highest BCUT2D eigenvalue weighted by Crippen LogP contribution is 2.32. The quantitative estimate of drug-likeness (QED) is 0.0892. The maximum absolute atomic E-state index is 13.6. The Kier molecular flexibility index (Phi) is 11.5. The molecule has 0 saturated carbocycles. The van der Waals surface area contributed by atoms with E-state index >= 15 is 0 Å². The van der Waals surface area contributed by atoms with Crippen molar-refractivity contribution in [3.8, 4) is 22.8 Å². The highest BCUT2D eigenvalue weighted by atomic mass is 35.5. The lowest BCUT2D eigenvalue weighted by atomic mass is 10.1. The van der Waals surface area contributed by atoms with Crippen molar-refractivity contribution in [1.29, 1.82) is 0 Å². The first-order valence-electron chi connectivity index (χ1n) is 14.6. The SMILES string of the molecule is COc1ccc(/C=C(/NC(=O)c2ccccc2)C(=O)Nc2cccc(SC(C)C(=O)Nc3nc(-c4ccccc4Cl)cs3)c2)c(OC)c1. The van der Waals surface area contributed by atoms with Gasteiger partial charge >= 0.3 is 0 Å². The molecule has 3 N–H and O–H groups in total. The minimum absolute atomic E-state index is 0.00210. The molecule has 4 aromatic carbocycles. The smallest absolute Gasteiger partial charge is 0.272 e. The average molecular weight is 699 g/mol. The number of carbonyl (C=O) groups excluding carboxylic acids is 3. The van der Waals surface area contributed by atoms with Crippen LogP contribution >= 0.6 is 34.7 Å². The minimum atomic E-state index is -0.553. The number of anilines is 2. The number of hydrogen-bond donors (Lipinski definition) is 3. The van der Waals surface area contributed by atoms with E-state index in [-0.39, 0.29) is 11.6 Å². The molecule has 3 amide bonds. The fraction of sp³-hybridized carbons (Fsp3) is 0.111. The summed E-state index contributed by atoms with van der Waals surface area (Å²) < 4.78 is 10.8. The van der Waals surface area contributed by atoms with Gasteiger partial charge in [0.05, 0.1) is 25.2 Å². The number of rotatable bonds is 12. The number of ether oxygens (including phenoxy) is 2. The van der Waals surface area contributed by atoms with E-state index in [0.717, 1.165) is 10.5 Å². The van der Waals surface area contributed by atoms with Gasteiger partial charge in [-0.05, 0) is 61.5 Å². The fourth-order valence-corrected chi connectivity index (χ4v) is 6.34. The molecule has 1 atom stereocenters. The van der Waals surface area contributed by atoms with Crippen LogP contribution in [0.4, 0.5) is 10.8 Å². The van der Waals surface area contributed by atoms with Gasteiger partial charge in [0.15, 0.2) is 5.13 Å². The van der Waals surface area contributed by atoms with Gasteiger partial charge in [-0.1, -0.05) is 54.1 Å². The summed E-state index contributed by atoms with van der Waals surface area (Å²) >= 11 is 8.94. The number of benzene rings is 4. The summed E-state index contributed by atoms with van der Waals surface area (Å²) in [7, 11) is 3.05. The first-order valence-corrected chi connectivity index (χ1v) is 16.8. The van der Waals surface area contributed by atoms with Crippen molar-refractivity contribution in [1.82, 2.24) is 10.3 Å². The monoisotopic (exact) mass is 698 g/mol. The van der Waals surface area contributed by atoms with E-state index in [9.17, 15) is 14.4 Å². The van der Waals surface area contributed by atoms with Crippen LogP contribution < -0.4 is 25.4 Å². The third-order valence-electron chi connectivity index (χ3n) is 6.93. The molecule has 0 aliphatic heterocycles. The highest BCUT2D eigenvalue weighted by molar-refractivity contribution is 8.00. The van der Waals surface area contributed by atoms with Gasteiger partial charge in [-0.3, -0.25) is 14.4 Å². The summed E-state index contributed by atoms with van der Waals surface area (Å²) in [6.07, 6.45) is 1.54. The second-order valence-electron chi connectivity index (χ2n) is 10.2. The maximum Gasteiger partial charge on any atom is 0.272 e. The Morgan fingerprint density at radius 1 is 0.896 bits per heavy atom. The van der Waals surface area contributed by atoms with Crippen molar-refractivity contribution in [2.24, 2.45) is 0 Å². The number of hydrogen-bond acceptors (Lipinski definition) is 8. The Morgan fingerprint density at radius 2 is 1.67 bits per heavy atom. The molecule has 5 aromatic rings. The number of nitrogens with zero attached hydrogens (tertiary/aromatic N) is 1. The van der Waals surface area contributed by atoms with Crippen LogP contribution in [0.1, 0.15) is 22.8 Å². The van der Waals surface area contributed by atoms with Crippen molar-refractivity contribution in [2.75, 3.05) is 24.9 Å². The standard InChI is InChI=1S/C36H31ClN4O5S2/c1-22(33(42)41-36-40-31(21-47-36)28-14-7-8-15-29(28)37)48-27-13-9-12-25(19-27)38-35(44)30(39-34(43)23-10-5-4-6-11-23)18-24-16-17-26(45-2)20-32(24)46-3/h4-22H,1-3H3,(H,38,44)(H,39,43)(H,40,41,42)/b30-18+. The van der Waals surface area contributed by atoms with E-state index in [2.05, 4.69) is 20.9 Å². The summed E-state index contributed by atoms with van der Waals surface area (Å²) in [5, 5.41) is 10.9. The Labute approximate surface area is 291 Å². The Bertz CT molecular complexity index is 1970. The molecule has 48 heavy (non-hydrogen) atoms. The zero-order valence-electron chi connectivity index (χ0n) is 26.2. The largest absolute Gasteiger partial charge is 0.497 e. The third kappa shape index (κ3) is 8.82. The van der Waals surface area contributed by atoms with Crippen molar-refractivity contribution in [2.45, 2.75) is 17.1 Å². The molecule has 1 aromatic heterocycles. The molecule has 0 radical (unpaired) electrons. The molecule has 0 aliphatic rings. The molecule has 1 heterocycles. The molecule has 12 heteroatoms. The number of halogens is 1. The molecule has 9 nitrogen and oxygen atoms in total. The lowest BCUT2D eigenvalue weighted by Crippen LogP contribution is -2.30. The number of aromatic nitrogens is 1. The predicted octanol–water partition coefficient (Wildman–Crippen LogP) is 8.01. The second kappa shape index (κ2) is 16.1. The van der Waals surface area contributed by atoms with Crippen LogP contribution in [0.15, 0.2) is 113 Å². The molecule has 5 rings (SSSR count). The van der Waals surface area contributed by atoms with E-state index in [1.807, 2.05) is 29.6 Å². The number of methoxy groups -OCH3 is 2. The topological polar surface area (TPSA) is 119 Å². The van der Waals surface area contributed by atoms with Crippen LogP contribution in [0.25, 0.3) is 17.3 Å². The summed E-state index contributed by atoms with van der Waals surface area (Å²) in [6.45, 7) is 1.79. The van der Waals surface area contributed by atoms with Crippen LogP contribution in [0.3, 0.4) is 0 Å². The number of thioether (sulfide) groups is 1. The molecular weight excluding hydrogens is 668 g/mol. The predicted molar refractivity (Wildman–Crippen MR) is 193 cm³/mol. The molecular formula is C36H31ClN4O5S2. The maximum atomic E-state index is 13.6. The number of amides is 3. The first-order chi connectivity index (χ1) is 23.2. The van der Waals surface area contributed by atoms with Crippen LogP contribution in [0, 0.1) is 0 Å². The van der Waals surface area contributed by atoms with Crippen LogP contribution in [0.2, 0.25) is 5.02 Å². The molecule has 0 bridgehead atoms. The Morgan fingerprint density at radius 3 is 2.42 bits per heavy atom. The van der Waals surface area contributed by atoms with Crippen molar-refractivity contribution >= 4 is 69.3 Å². The van der Waals surface area contributed by atoms with Gasteiger partial charge in [-0.25, -0.2) is 4.98 Å². The third-order valence-corrected chi connectivity index (χ3v) is 9.11. The van der Waals surface area contributed by atoms with Gasteiger partial charge in [-0.15, -0.1) is 23.1 Å². The Hall–Kier alpha value is -5.10. The van der Waals surface area contributed by atoms with Gasteiger partial charge in [-0.2, -0.15) is 0 Å². The van der Waals surface area contributed by atoms with Crippen LogP contribution in [0.5, 0.6) is 11.5 Å². The van der Waals surface area contributed by atoms with E-state index in [1.54, 1.807) is 86.8 Å². The van der Waals surface area contributed by atoms with Gasteiger partial charge < -0.3 is 25.4 Å². The zero-order chi connectivity index (χ0) is 34.0. The summed E-state index contributed by atoms with van der Waals surface area (Å²) in [6, 6.07) is 28.2. The summed E-state index contributed by atoms with van der Waals surface area (Å²) in [5.41, 5.74) is 2.89. The van der Waals surface area contributed by atoms with Gasteiger partial charge in [0, 0.05) is 43.7 Å². The molecule has 0 saturated heterocycles. The molecule has 0 aliphatic carbocycles. The minimum Gasteiger partial charge on any atom is -0.497 e. The lowest BCUT2D eigenvalue weighted by molar-refractivity contribution is -0.115. The van der Waals surface area contributed by atoms with Crippen molar-refractivity contribution in [3.63, 3.8) is 0 Å². The van der Waals surface area contributed by atoms with Gasteiger partial charge in [0.25, 0.3) is 11.8 Å². The van der Waals surface area contributed by atoms with E-state index in [4.69, 9.17) is 21.1 Å². The first kappa shape index (κ1) is 34.2. The summed E-state index contributed by atoms with van der Waals surface area (Å²) in [4.78, 5) is 45.0. The van der Waals surface area contributed by atoms with Crippen LogP contribution in [-0.4, -0.2) is 42.2 Å². The second-order valence-corrected chi connectivity index (χ2v) is 12.9.